The van der Waals surface area contributed by atoms with Crippen molar-refractivity contribution in [1.82, 2.24) is 0 Å². The van der Waals surface area contributed by atoms with Crippen molar-refractivity contribution in [3.05, 3.63) is 0 Å². The number of aliphatic hydroxyl groups is 2. The minimum atomic E-state index is -0.507. The number of nitrogens with zero attached hydrogens (tertiary/aromatic N) is 1. The van der Waals surface area contributed by atoms with Crippen molar-refractivity contribution in [1.29, 1.82) is 0 Å². The van der Waals surface area contributed by atoms with Gasteiger partial charge in [0.1, 0.15) is 5.60 Å². The molecule has 1 atom stereocenters. The molecule has 13 heavy (non-hydrogen) atoms. The van der Waals surface area contributed by atoms with Crippen molar-refractivity contribution >= 4 is 7.98 Å². The van der Waals surface area contributed by atoms with E-state index in [1.54, 1.807) is 0 Å². The molecule has 1 unspecified atom stereocenters. The summed E-state index contributed by atoms with van der Waals surface area (Å²) < 4.78 is 1.26. The molecular formula is C9H20BNO2. The molecule has 3 saturated heterocycles. The van der Waals surface area contributed by atoms with E-state index in [1.807, 2.05) is 0 Å². The monoisotopic (exact) mass is 185 g/mol. The summed E-state index contributed by atoms with van der Waals surface area (Å²) in [4.78, 5) is 0. The van der Waals surface area contributed by atoms with Gasteiger partial charge in [0.2, 0.25) is 0 Å². The Morgan fingerprint density at radius 1 is 1.38 bits per heavy atom. The highest BCUT2D eigenvalue weighted by atomic mass is 16.3. The van der Waals surface area contributed by atoms with Crippen LogP contribution in [0.4, 0.5) is 0 Å². The van der Waals surface area contributed by atoms with Crippen LogP contribution in [0, 0.1) is 5.92 Å². The van der Waals surface area contributed by atoms with Crippen LogP contribution in [0.2, 0.25) is 0 Å². The zero-order chi connectivity index (χ0) is 9.53. The van der Waals surface area contributed by atoms with Crippen LogP contribution in [0.1, 0.15) is 19.3 Å². The third-order valence-electron chi connectivity index (χ3n) is 3.39. The zero-order valence-corrected chi connectivity index (χ0v) is 7.37. The number of fused-ring (bicyclic) bond motifs is 3. The smallest absolute Gasteiger partial charge is 0.169 e. The normalized spacial score (nSPS) is 49.6. The van der Waals surface area contributed by atoms with E-state index in [-0.39, 0.29) is 14.6 Å². The van der Waals surface area contributed by atoms with E-state index in [4.69, 9.17) is 5.11 Å². The molecule has 3 aliphatic heterocycles. The Kier molecular flexibility index (Phi) is 2.17. The van der Waals surface area contributed by atoms with Gasteiger partial charge in [-0.25, -0.2) is 0 Å². The molecular weight excluding hydrogens is 165 g/mol. The van der Waals surface area contributed by atoms with Crippen molar-refractivity contribution in [3.63, 3.8) is 0 Å². The Labute approximate surface area is 80.4 Å². The molecule has 3 heterocycles. The van der Waals surface area contributed by atoms with Crippen molar-refractivity contribution in [2.75, 3.05) is 26.2 Å². The first-order valence-corrected chi connectivity index (χ1v) is 4.80. The lowest BCUT2D eigenvalue weighted by molar-refractivity contribution is -0.846. The van der Waals surface area contributed by atoms with E-state index < -0.39 is 5.60 Å². The molecule has 0 radical (unpaired) electrons. The van der Waals surface area contributed by atoms with Crippen LogP contribution >= 0.6 is 0 Å². The van der Waals surface area contributed by atoms with Crippen LogP contribution in [0.5, 0.6) is 0 Å². The average molecular weight is 185 g/mol. The molecule has 4 heteroatoms. The van der Waals surface area contributed by atoms with Gasteiger partial charge in [-0.3, -0.25) is 0 Å². The van der Waals surface area contributed by atoms with E-state index in [0.717, 1.165) is 6.54 Å². The molecule has 0 spiro atoms. The summed E-state index contributed by atoms with van der Waals surface area (Å²) in [6, 6.07) is 0. The van der Waals surface area contributed by atoms with Gasteiger partial charge in [-0.2, -0.15) is 0 Å². The molecule has 3 nitrogen and oxygen atoms in total. The molecule has 0 aromatic carbocycles. The maximum atomic E-state index is 10.4. The van der Waals surface area contributed by atoms with Gasteiger partial charge in [-0.15, -0.1) is 0 Å². The Balaban J connectivity index is 2.14. The maximum absolute atomic E-state index is 10.4. The summed E-state index contributed by atoms with van der Waals surface area (Å²) in [5.41, 5.74) is -0.507. The Morgan fingerprint density at radius 2 is 2.00 bits per heavy atom. The van der Waals surface area contributed by atoms with E-state index in [9.17, 15) is 5.11 Å². The second kappa shape index (κ2) is 2.97. The molecule has 0 aromatic heterocycles. The standard InChI is InChI=1S/C9H20BNO2/c10-11-4-1-8(2-5-11)9(13,7-11)3-6-12/h8,12-13H,1-7H2,10H3. The van der Waals surface area contributed by atoms with Crippen molar-refractivity contribution in [3.8, 4) is 0 Å². The molecule has 3 fully saturated rings. The second-order valence-corrected chi connectivity index (χ2v) is 4.13. The van der Waals surface area contributed by atoms with Crippen LogP contribution < -0.4 is 0 Å². The highest BCUT2D eigenvalue weighted by Crippen LogP contribution is 2.40. The summed E-state index contributed by atoms with van der Waals surface area (Å²) in [6.45, 7) is 3.74. The Hall–Kier alpha value is -0.0551. The summed E-state index contributed by atoms with van der Waals surface area (Å²) in [6.07, 6.45) is 2.99. The largest absolute Gasteiger partial charge is 0.520 e. The first-order valence-electron chi connectivity index (χ1n) is 4.80. The molecule has 76 valence electrons. The molecule has 0 amide bonds. The maximum Gasteiger partial charge on any atom is 0.169 e. The molecule has 2 bridgehead atoms. The highest BCUT2D eigenvalue weighted by Gasteiger charge is 2.48. The van der Waals surface area contributed by atoms with Crippen LogP contribution in [0.25, 0.3) is 0 Å². The number of aliphatic hydroxyl groups excluding tert-OH is 1. The summed E-state index contributed by atoms with van der Waals surface area (Å²) >= 11 is 0. The lowest BCUT2D eigenvalue weighted by atomic mass is 9.70. The van der Waals surface area contributed by atoms with Crippen LogP contribution in [0.15, 0.2) is 0 Å². The topological polar surface area (TPSA) is 40.5 Å². The number of hydrogen-bond acceptors (Lipinski definition) is 2. The van der Waals surface area contributed by atoms with E-state index in [2.05, 4.69) is 0 Å². The van der Waals surface area contributed by atoms with E-state index in [1.165, 1.54) is 30.3 Å². The van der Waals surface area contributed by atoms with Crippen molar-refractivity contribution < 1.29 is 14.6 Å². The fourth-order valence-corrected chi connectivity index (χ4v) is 2.62. The second-order valence-electron chi connectivity index (χ2n) is 4.13. The third kappa shape index (κ3) is 1.51. The Bertz CT molecular complexity index is 204. The SMILES string of the molecule is [BH3-][N+]12CCC(CC1)C(O)(CCO)C2. The lowest BCUT2D eigenvalue weighted by Crippen LogP contribution is -2.68. The molecule has 3 aliphatic rings. The third-order valence-corrected chi connectivity index (χ3v) is 3.39. The van der Waals surface area contributed by atoms with Gasteiger partial charge < -0.3 is 14.6 Å². The number of hydrogen-bond donors (Lipinski definition) is 2. The van der Waals surface area contributed by atoms with Gasteiger partial charge in [-0.05, 0) is 12.8 Å². The van der Waals surface area contributed by atoms with E-state index in [0.29, 0.717) is 12.3 Å². The van der Waals surface area contributed by atoms with Crippen LogP contribution in [0.3, 0.4) is 0 Å². The number of piperidine rings is 3. The number of quaternary nitrogens is 1. The molecule has 2 N–H and O–H groups in total. The highest BCUT2D eigenvalue weighted by molar-refractivity contribution is 5.97. The fourth-order valence-electron chi connectivity index (χ4n) is 2.62. The van der Waals surface area contributed by atoms with Gasteiger partial charge in [0.05, 0.1) is 6.54 Å². The predicted octanol–water partition coefficient (Wildman–Crippen LogP) is -1.38. The minimum absolute atomic E-state index is 0.146. The first kappa shape index (κ1) is 9.50. The molecule has 0 aliphatic carbocycles. The average Bonchev–Trinajstić information content (AvgIpc) is 2.03. The number of rotatable bonds is 2. The van der Waals surface area contributed by atoms with Gasteiger partial charge in [0, 0.05) is 32.0 Å². The minimum Gasteiger partial charge on any atom is -0.520 e. The van der Waals surface area contributed by atoms with Crippen molar-refractivity contribution in [2.45, 2.75) is 24.9 Å². The molecule has 0 saturated carbocycles. The zero-order valence-electron chi connectivity index (χ0n) is 7.37. The predicted molar refractivity (Wildman–Crippen MR) is 54.2 cm³/mol. The summed E-state index contributed by atoms with van der Waals surface area (Å²) in [5.74, 6) is 0.484. The van der Waals surface area contributed by atoms with Gasteiger partial charge in [0.25, 0.3) is 0 Å². The molecule has 0 aromatic rings. The van der Waals surface area contributed by atoms with Gasteiger partial charge in [0.15, 0.2) is 7.98 Å². The molecule has 3 rings (SSSR count). The van der Waals surface area contributed by atoms with E-state index >= 15 is 0 Å². The van der Waals surface area contributed by atoms with Gasteiger partial charge >= 0.3 is 0 Å². The lowest BCUT2D eigenvalue weighted by Gasteiger charge is -2.60. The summed E-state index contributed by atoms with van der Waals surface area (Å²) in [7, 11) is 0.281. The summed E-state index contributed by atoms with van der Waals surface area (Å²) in [5, 5.41) is 19.3. The van der Waals surface area contributed by atoms with Crippen LogP contribution in [-0.4, -0.2) is 54.4 Å². The quantitative estimate of drug-likeness (QED) is 0.520. The Morgan fingerprint density at radius 3 is 2.46 bits per heavy atom. The fraction of sp³-hybridized carbons (Fsp3) is 1.00. The first-order chi connectivity index (χ1) is 6.08. The van der Waals surface area contributed by atoms with Crippen molar-refractivity contribution in [2.24, 2.45) is 5.92 Å². The van der Waals surface area contributed by atoms with Gasteiger partial charge in [-0.1, -0.05) is 0 Å². The van der Waals surface area contributed by atoms with Crippen LogP contribution in [-0.2, 0) is 0 Å².